The standard InChI is InChI=1S/C35H70NO8P/c1-3-5-7-9-10-11-12-13-14-15-16-17-18-19-20-21-22-24-26-28-35(39)42-31-33(37)32-44-45(40,41)43-30-29-36-34(38)27-25-23-8-6-4-2/h33,37H,3-32H2,1-2H3,(H,36,38)(H,40,41). The minimum absolute atomic E-state index is 0.0847. The van der Waals surface area contributed by atoms with Gasteiger partial charge in [0.1, 0.15) is 12.7 Å². The van der Waals surface area contributed by atoms with Crippen molar-refractivity contribution >= 4 is 19.7 Å². The maximum Gasteiger partial charge on any atom is 0.472 e. The van der Waals surface area contributed by atoms with Crippen molar-refractivity contribution in [3.63, 3.8) is 0 Å². The summed E-state index contributed by atoms with van der Waals surface area (Å²) in [5.74, 6) is -0.521. The topological polar surface area (TPSA) is 131 Å². The fourth-order valence-corrected chi connectivity index (χ4v) is 5.96. The summed E-state index contributed by atoms with van der Waals surface area (Å²) in [5.41, 5.74) is 0. The van der Waals surface area contributed by atoms with Gasteiger partial charge in [-0.1, -0.05) is 155 Å². The summed E-state index contributed by atoms with van der Waals surface area (Å²) in [6, 6.07) is 0. The van der Waals surface area contributed by atoms with E-state index in [1.54, 1.807) is 0 Å². The Morgan fingerprint density at radius 1 is 0.600 bits per heavy atom. The molecule has 0 bridgehead atoms. The number of ether oxygens (including phenoxy) is 1. The second-order valence-corrected chi connectivity index (χ2v) is 14.0. The fourth-order valence-electron chi connectivity index (χ4n) is 5.20. The third-order valence-corrected chi connectivity index (χ3v) is 9.02. The van der Waals surface area contributed by atoms with E-state index in [0.29, 0.717) is 12.8 Å². The zero-order chi connectivity index (χ0) is 33.3. The number of hydrogen-bond donors (Lipinski definition) is 3. The minimum Gasteiger partial charge on any atom is -0.463 e. The number of esters is 1. The van der Waals surface area contributed by atoms with Crippen LogP contribution >= 0.6 is 7.82 Å². The van der Waals surface area contributed by atoms with Gasteiger partial charge < -0.3 is 20.1 Å². The highest BCUT2D eigenvalue weighted by Gasteiger charge is 2.23. The van der Waals surface area contributed by atoms with Crippen LogP contribution in [-0.4, -0.2) is 54.3 Å². The van der Waals surface area contributed by atoms with Crippen LogP contribution in [0.15, 0.2) is 0 Å². The summed E-state index contributed by atoms with van der Waals surface area (Å²) in [4.78, 5) is 33.4. The Morgan fingerprint density at radius 2 is 1.00 bits per heavy atom. The lowest BCUT2D eigenvalue weighted by atomic mass is 10.0. The molecular formula is C35H70NO8P. The van der Waals surface area contributed by atoms with Gasteiger partial charge in [-0.2, -0.15) is 0 Å². The molecule has 268 valence electrons. The first kappa shape index (κ1) is 44.0. The maximum absolute atomic E-state index is 12.0. The Labute approximate surface area is 275 Å². The average molecular weight is 664 g/mol. The summed E-state index contributed by atoms with van der Waals surface area (Å²) in [6.45, 7) is 3.47. The Morgan fingerprint density at radius 3 is 1.44 bits per heavy atom. The van der Waals surface area contributed by atoms with Crippen LogP contribution in [0.1, 0.15) is 181 Å². The molecule has 0 saturated heterocycles. The molecule has 0 aromatic rings. The summed E-state index contributed by atoms with van der Waals surface area (Å²) in [5, 5.41) is 12.6. The molecule has 0 saturated carbocycles. The molecule has 0 radical (unpaired) electrons. The Hall–Kier alpha value is -0.990. The van der Waals surface area contributed by atoms with Crippen molar-refractivity contribution in [1.29, 1.82) is 0 Å². The number of carbonyl (C=O) groups excluding carboxylic acids is 2. The molecule has 2 atom stereocenters. The van der Waals surface area contributed by atoms with Crippen LogP contribution in [0, 0.1) is 0 Å². The monoisotopic (exact) mass is 663 g/mol. The van der Waals surface area contributed by atoms with E-state index < -0.39 is 26.5 Å². The van der Waals surface area contributed by atoms with Crippen LogP contribution < -0.4 is 5.32 Å². The number of rotatable bonds is 35. The number of hydrogen-bond acceptors (Lipinski definition) is 7. The fraction of sp³-hybridized carbons (Fsp3) is 0.943. The molecular weight excluding hydrogens is 593 g/mol. The molecule has 0 heterocycles. The van der Waals surface area contributed by atoms with Crippen LogP contribution in [0.25, 0.3) is 0 Å². The molecule has 0 fully saturated rings. The first-order valence-corrected chi connectivity index (χ1v) is 20.0. The number of nitrogens with one attached hydrogen (secondary N) is 1. The number of phosphoric acid groups is 1. The van der Waals surface area contributed by atoms with Gasteiger partial charge in [-0.05, 0) is 12.8 Å². The van der Waals surface area contributed by atoms with Gasteiger partial charge in [-0.3, -0.25) is 18.6 Å². The Bertz CT molecular complexity index is 724. The molecule has 0 aromatic heterocycles. The normalized spacial score (nSPS) is 13.4. The van der Waals surface area contributed by atoms with E-state index in [-0.39, 0.29) is 25.7 Å². The van der Waals surface area contributed by atoms with Crippen LogP contribution in [0.3, 0.4) is 0 Å². The molecule has 0 spiro atoms. The lowest BCUT2D eigenvalue weighted by molar-refractivity contribution is -0.147. The number of phosphoric ester groups is 1. The molecule has 0 rings (SSSR count). The first-order valence-electron chi connectivity index (χ1n) is 18.5. The quantitative estimate of drug-likeness (QED) is 0.0347. The molecule has 2 unspecified atom stereocenters. The smallest absolute Gasteiger partial charge is 0.463 e. The molecule has 10 heteroatoms. The van der Waals surface area contributed by atoms with Gasteiger partial charge in [0.05, 0.1) is 13.2 Å². The summed E-state index contributed by atoms with van der Waals surface area (Å²) >= 11 is 0. The maximum atomic E-state index is 12.0. The van der Waals surface area contributed by atoms with Crippen molar-refractivity contribution in [2.24, 2.45) is 0 Å². The van der Waals surface area contributed by atoms with E-state index in [4.69, 9.17) is 13.8 Å². The van der Waals surface area contributed by atoms with E-state index in [9.17, 15) is 24.2 Å². The van der Waals surface area contributed by atoms with Crippen LogP contribution in [0.4, 0.5) is 0 Å². The molecule has 0 aliphatic carbocycles. The zero-order valence-corrected chi connectivity index (χ0v) is 30.0. The van der Waals surface area contributed by atoms with Crippen molar-refractivity contribution < 1.29 is 37.9 Å². The number of unbranched alkanes of at least 4 members (excludes halogenated alkanes) is 22. The van der Waals surface area contributed by atoms with Gasteiger partial charge in [0.25, 0.3) is 0 Å². The predicted octanol–water partition coefficient (Wildman–Crippen LogP) is 9.32. The average Bonchev–Trinajstić information content (AvgIpc) is 3.02. The second-order valence-electron chi connectivity index (χ2n) is 12.6. The third kappa shape index (κ3) is 34.2. The predicted molar refractivity (Wildman–Crippen MR) is 183 cm³/mol. The van der Waals surface area contributed by atoms with Gasteiger partial charge >= 0.3 is 13.8 Å². The Kier molecular flexibility index (Phi) is 32.2. The molecule has 45 heavy (non-hydrogen) atoms. The van der Waals surface area contributed by atoms with Crippen molar-refractivity contribution in [2.45, 2.75) is 187 Å². The van der Waals surface area contributed by atoms with E-state index in [1.807, 2.05) is 0 Å². The van der Waals surface area contributed by atoms with E-state index in [1.165, 1.54) is 103 Å². The van der Waals surface area contributed by atoms with Crippen LogP contribution in [0.5, 0.6) is 0 Å². The second kappa shape index (κ2) is 32.9. The summed E-state index contributed by atoms with van der Waals surface area (Å²) in [6.07, 6.45) is 29.3. The van der Waals surface area contributed by atoms with Gasteiger partial charge in [-0.15, -0.1) is 0 Å². The van der Waals surface area contributed by atoms with Crippen LogP contribution in [-0.2, 0) is 27.9 Å². The molecule has 0 aliphatic heterocycles. The highest BCUT2D eigenvalue weighted by molar-refractivity contribution is 7.47. The van der Waals surface area contributed by atoms with E-state index >= 15 is 0 Å². The number of amides is 1. The van der Waals surface area contributed by atoms with Gasteiger partial charge in [0.2, 0.25) is 5.91 Å². The first-order chi connectivity index (χ1) is 21.8. The van der Waals surface area contributed by atoms with Gasteiger partial charge in [0.15, 0.2) is 0 Å². The van der Waals surface area contributed by atoms with Crippen LogP contribution in [0.2, 0.25) is 0 Å². The molecule has 0 aromatic carbocycles. The minimum atomic E-state index is -4.39. The van der Waals surface area contributed by atoms with Crippen molar-refractivity contribution in [2.75, 3.05) is 26.4 Å². The van der Waals surface area contributed by atoms with Crippen molar-refractivity contribution in [1.82, 2.24) is 5.32 Å². The molecule has 1 amide bonds. The summed E-state index contributed by atoms with van der Waals surface area (Å²) < 4.78 is 26.6. The SMILES string of the molecule is CCCCCCCCCCCCCCCCCCCCCC(=O)OCC(O)COP(=O)(O)OCCNC(=O)CCCCCCC. The van der Waals surface area contributed by atoms with Crippen molar-refractivity contribution in [3.05, 3.63) is 0 Å². The van der Waals surface area contributed by atoms with Crippen molar-refractivity contribution in [3.8, 4) is 0 Å². The lowest BCUT2D eigenvalue weighted by Crippen LogP contribution is -2.27. The third-order valence-electron chi connectivity index (χ3n) is 8.04. The lowest BCUT2D eigenvalue weighted by Gasteiger charge is -2.15. The number of aliphatic hydroxyl groups excluding tert-OH is 1. The Balaban J connectivity index is 3.52. The highest BCUT2D eigenvalue weighted by atomic mass is 31.2. The van der Waals surface area contributed by atoms with Gasteiger partial charge in [0, 0.05) is 19.4 Å². The number of carbonyl (C=O) groups is 2. The summed E-state index contributed by atoms with van der Waals surface area (Å²) in [7, 11) is -4.39. The zero-order valence-electron chi connectivity index (χ0n) is 29.1. The molecule has 3 N–H and O–H groups in total. The van der Waals surface area contributed by atoms with E-state index in [0.717, 1.165) is 51.4 Å². The molecule has 9 nitrogen and oxygen atoms in total. The van der Waals surface area contributed by atoms with Gasteiger partial charge in [-0.25, -0.2) is 4.57 Å². The molecule has 0 aliphatic rings. The highest BCUT2D eigenvalue weighted by Crippen LogP contribution is 2.42. The van der Waals surface area contributed by atoms with E-state index in [2.05, 4.69) is 19.2 Å². The number of aliphatic hydroxyl groups is 1. The largest absolute Gasteiger partial charge is 0.472 e.